The van der Waals surface area contributed by atoms with Gasteiger partial charge in [0, 0.05) is 25.5 Å². The van der Waals surface area contributed by atoms with Crippen LogP contribution in [0.2, 0.25) is 0 Å². The minimum absolute atomic E-state index is 0.248. The highest BCUT2D eigenvalue weighted by molar-refractivity contribution is 8.00. The zero-order chi connectivity index (χ0) is 26.0. The molecule has 190 valence electrons. The second-order valence-electron chi connectivity index (χ2n) is 8.66. The fraction of sp³-hybridized carbons (Fsp3) is 0.172. The first-order valence-corrected chi connectivity index (χ1v) is 14.0. The second kappa shape index (κ2) is 10.9. The van der Waals surface area contributed by atoms with Crippen LogP contribution in [0.25, 0.3) is 0 Å². The molecular weight excluding hydrogens is 533 g/mol. The third kappa shape index (κ3) is 5.59. The molecule has 6 rings (SSSR count). The van der Waals surface area contributed by atoms with E-state index in [4.69, 9.17) is 11.6 Å². The van der Waals surface area contributed by atoms with Crippen LogP contribution in [0.15, 0.2) is 98.4 Å². The zero-order valence-electron chi connectivity index (χ0n) is 20.0. The van der Waals surface area contributed by atoms with Crippen LogP contribution >= 0.6 is 35.1 Å². The molecule has 2 aliphatic heterocycles. The predicted octanol–water partition coefficient (Wildman–Crippen LogP) is 10.3. The molecule has 0 bridgehead atoms. The van der Waals surface area contributed by atoms with Gasteiger partial charge in [0.2, 0.25) is 0 Å². The first-order valence-electron chi connectivity index (χ1n) is 11.8. The maximum absolute atomic E-state index is 13.3. The lowest BCUT2D eigenvalue weighted by atomic mass is 10.0. The van der Waals surface area contributed by atoms with Crippen molar-refractivity contribution in [2.45, 2.75) is 45.5 Å². The summed E-state index contributed by atoms with van der Waals surface area (Å²) in [6, 6.07) is 24.9. The van der Waals surface area contributed by atoms with Gasteiger partial charge in [-0.1, -0.05) is 66.0 Å². The fourth-order valence-electron chi connectivity index (χ4n) is 4.26. The Morgan fingerprint density at radius 2 is 1.35 bits per heavy atom. The largest absolute Gasteiger partial charge is 0.417 e. The highest BCUT2D eigenvalue weighted by Gasteiger charge is 2.36. The van der Waals surface area contributed by atoms with Gasteiger partial charge in [0.05, 0.1) is 28.3 Å². The summed E-state index contributed by atoms with van der Waals surface area (Å²) in [5.41, 5.74) is 5.44. The third-order valence-electron chi connectivity index (χ3n) is 6.09. The van der Waals surface area contributed by atoms with Crippen molar-refractivity contribution < 1.29 is 13.2 Å². The van der Waals surface area contributed by atoms with Gasteiger partial charge in [0.25, 0.3) is 0 Å². The Kier molecular flexibility index (Phi) is 7.65. The number of anilines is 4. The lowest BCUT2D eigenvalue weighted by Crippen LogP contribution is -2.12. The number of fused-ring (bicyclic) bond motifs is 4. The van der Waals surface area contributed by atoms with Gasteiger partial charge >= 0.3 is 6.18 Å². The topological polar surface area (TPSA) is 24.1 Å². The van der Waals surface area contributed by atoms with Gasteiger partial charge in [0.1, 0.15) is 0 Å². The maximum Gasteiger partial charge on any atom is 0.417 e. The molecule has 2 aliphatic rings. The van der Waals surface area contributed by atoms with Crippen molar-refractivity contribution >= 4 is 57.9 Å². The van der Waals surface area contributed by atoms with Crippen LogP contribution in [-0.2, 0) is 12.6 Å². The molecule has 2 N–H and O–H groups in total. The first kappa shape index (κ1) is 25.9. The van der Waals surface area contributed by atoms with Crippen molar-refractivity contribution in [2.75, 3.05) is 16.5 Å². The van der Waals surface area contributed by atoms with E-state index in [0.717, 1.165) is 22.6 Å². The van der Waals surface area contributed by atoms with Crippen molar-refractivity contribution in [3.05, 3.63) is 95.6 Å². The lowest BCUT2D eigenvalue weighted by Gasteiger charge is -2.26. The number of para-hydroxylation sites is 3. The standard InChI is InChI=1S/C16H13ClF3NS.C13H11NS/c17-9-3-4-10-7-8-11(16(18,19)20)15-14(10)21-12-5-1-2-6-13(12)22-15;1-9-5-4-8-12-13(9)14-10-6-2-3-7-11(10)15-12/h1-2,5-8,21H,3-4,9H2;2-8,14H,1H3. The van der Waals surface area contributed by atoms with Gasteiger partial charge in [-0.05, 0) is 67.3 Å². The molecule has 2 heterocycles. The predicted molar refractivity (Wildman–Crippen MR) is 149 cm³/mol. The second-order valence-corrected chi connectivity index (χ2v) is 11.2. The van der Waals surface area contributed by atoms with Crippen LogP contribution in [0.5, 0.6) is 0 Å². The van der Waals surface area contributed by atoms with E-state index in [2.05, 4.69) is 60.0 Å². The van der Waals surface area contributed by atoms with Gasteiger partial charge in [-0.15, -0.1) is 11.6 Å². The number of rotatable bonds is 3. The van der Waals surface area contributed by atoms with Crippen LogP contribution in [0.4, 0.5) is 35.9 Å². The van der Waals surface area contributed by atoms with Gasteiger partial charge in [0.15, 0.2) is 0 Å². The number of nitrogens with one attached hydrogen (secondary N) is 2. The Labute approximate surface area is 228 Å². The molecule has 0 aliphatic carbocycles. The van der Waals surface area contributed by atoms with Gasteiger partial charge in [-0.25, -0.2) is 0 Å². The summed E-state index contributed by atoms with van der Waals surface area (Å²) in [6.07, 6.45) is -2.98. The van der Waals surface area contributed by atoms with Crippen molar-refractivity contribution in [3.63, 3.8) is 0 Å². The van der Waals surface area contributed by atoms with E-state index < -0.39 is 11.7 Å². The van der Waals surface area contributed by atoms with E-state index in [1.807, 2.05) is 36.0 Å². The van der Waals surface area contributed by atoms with Crippen LogP contribution in [0.1, 0.15) is 23.1 Å². The van der Waals surface area contributed by atoms with Gasteiger partial charge in [-0.2, -0.15) is 13.2 Å². The summed E-state index contributed by atoms with van der Waals surface area (Å²) in [6.45, 7) is 2.14. The van der Waals surface area contributed by atoms with E-state index >= 15 is 0 Å². The maximum atomic E-state index is 13.3. The van der Waals surface area contributed by atoms with E-state index in [-0.39, 0.29) is 4.90 Å². The summed E-state index contributed by atoms with van der Waals surface area (Å²) in [5.74, 6) is 0.486. The highest BCUT2D eigenvalue weighted by atomic mass is 35.5. The summed E-state index contributed by atoms with van der Waals surface area (Å²) >= 11 is 8.72. The molecule has 0 atom stereocenters. The van der Waals surface area contributed by atoms with E-state index in [9.17, 15) is 13.2 Å². The zero-order valence-corrected chi connectivity index (χ0v) is 22.3. The Balaban J connectivity index is 0.000000162. The molecule has 0 fully saturated rings. The minimum Gasteiger partial charge on any atom is -0.353 e. The van der Waals surface area contributed by atoms with Gasteiger partial charge < -0.3 is 10.6 Å². The van der Waals surface area contributed by atoms with E-state index in [0.29, 0.717) is 18.0 Å². The highest BCUT2D eigenvalue weighted by Crippen LogP contribution is 2.51. The number of alkyl halides is 4. The fourth-order valence-corrected chi connectivity index (χ4v) is 6.64. The van der Waals surface area contributed by atoms with E-state index in [1.54, 1.807) is 6.07 Å². The van der Waals surface area contributed by atoms with E-state index in [1.165, 1.54) is 44.6 Å². The van der Waals surface area contributed by atoms with Crippen molar-refractivity contribution in [3.8, 4) is 0 Å². The summed E-state index contributed by atoms with van der Waals surface area (Å²) in [7, 11) is 0. The quantitative estimate of drug-likeness (QED) is 0.212. The molecule has 8 heteroatoms. The van der Waals surface area contributed by atoms with Crippen LogP contribution < -0.4 is 10.6 Å². The third-order valence-corrected chi connectivity index (χ3v) is 8.70. The molecule has 0 spiro atoms. The number of hydrogen-bond acceptors (Lipinski definition) is 4. The van der Waals surface area contributed by atoms with Crippen LogP contribution in [-0.4, -0.2) is 5.88 Å². The molecule has 4 aromatic rings. The average molecular weight is 557 g/mol. The Morgan fingerprint density at radius 3 is 2.03 bits per heavy atom. The first-order chi connectivity index (χ1) is 17.8. The molecule has 37 heavy (non-hydrogen) atoms. The smallest absolute Gasteiger partial charge is 0.353 e. The SMILES string of the molecule is Cc1cccc2c1Nc1ccccc1S2.FC(F)(F)c1ccc(CCCCl)c2c1Sc1ccccc1N2. The number of halogens is 4. The van der Waals surface area contributed by atoms with Crippen molar-refractivity contribution in [2.24, 2.45) is 0 Å². The molecule has 0 saturated carbocycles. The van der Waals surface area contributed by atoms with Crippen molar-refractivity contribution in [1.29, 1.82) is 0 Å². The summed E-state index contributed by atoms with van der Waals surface area (Å²) in [4.78, 5) is 3.66. The Morgan fingerprint density at radius 1 is 0.730 bits per heavy atom. The minimum atomic E-state index is -4.37. The molecule has 0 amide bonds. The monoisotopic (exact) mass is 556 g/mol. The number of benzene rings is 4. The number of aryl methyl sites for hydroxylation is 2. The van der Waals surface area contributed by atoms with Crippen LogP contribution in [0, 0.1) is 6.92 Å². The molecular formula is C29H24ClF3N2S2. The molecule has 4 aromatic carbocycles. The summed E-state index contributed by atoms with van der Waals surface area (Å²) < 4.78 is 39.8. The lowest BCUT2D eigenvalue weighted by molar-refractivity contribution is -0.139. The molecule has 0 aromatic heterocycles. The molecule has 0 radical (unpaired) electrons. The number of hydrogen-bond donors (Lipinski definition) is 2. The summed E-state index contributed by atoms with van der Waals surface area (Å²) in [5, 5.41) is 6.65. The molecule has 0 saturated heterocycles. The van der Waals surface area contributed by atoms with Crippen molar-refractivity contribution in [1.82, 2.24) is 0 Å². The normalized spacial score (nSPS) is 13.0. The Bertz CT molecular complexity index is 1440. The molecule has 2 nitrogen and oxygen atoms in total. The molecule has 0 unspecified atom stereocenters. The van der Waals surface area contributed by atoms with Gasteiger partial charge in [-0.3, -0.25) is 0 Å². The Hall–Kier alpha value is -2.74. The van der Waals surface area contributed by atoms with Crippen LogP contribution in [0.3, 0.4) is 0 Å². The average Bonchev–Trinajstić information content (AvgIpc) is 2.89.